The van der Waals surface area contributed by atoms with Crippen LogP contribution < -0.4 is 15.2 Å². The molecule has 4 aliphatic rings. The maximum Gasteiger partial charge on any atom is 0.212 e. The number of ether oxygens (including phenoxy) is 2. The summed E-state index contributed by atoms with van der Waals surface area (Å²) in [4.78, 5) is 12.1. The van der Waals surface area contributed by atoms with E-state index in [0.29, 0.717) is 18.0 Å². The van der Waals surface area contributed by atoms with E-state index in [1.807, 2.05) is 0 Å². The third kappa shape index (κ3) is 9.01. The van der Waals surface area contributed by atoms with E-state index >= 15 is 0 Å². The minimum atomic E-state index is -1.79. The van der Waals surface area contributed by atoms with Gasteiger partial charge in [-0.1, -0.05) is 79.4 Å². The number of methoxy groups -OCH3 is 2. The summed E-state index contributed by atoms with van der Waals surface area (Å²) in [6, 6.07) is 14.3. The Labute approximate surface area is 292 Å². The molecule has 0 saturated heterocycles. The maximum atomic E-state index is 9.64. The van der Waals surface area contributed by atoms with Crippen LogP contribution in [0.2, 0.25) is 0 Å². The SMILES string of the molecule is C.C.CC(=O)C(O)O.COc1ccc2c(c1)[C@@]1(C)CCCCC[C@@H](C2)[C@@H]1N.COc1ccc2c(c1)[C@@]1(C)CCCCC[C@@H](C2)[C@@H]1N(C)C. The molecule has 4 aliphatic carbocycles. The molecule has 4 bridgehead atoms. The van der Waals surface area contributed by atoms with Crippen LogP contribution in [0.4, 0.5) is 0 Å². The average Bonchev–Trinajstić information content (AvgIpc) is 3.02. The first-order chi connectivity index (χ1) is 21.8. The minimum Gasteiger partial charge on any atom is -0.497 e. The Balaban J connectivity index is 0.000000277. The monoisotopic (exact) mass is 669 g/mol. The summed E-state index contributed by atoms with van der Waals surface area (Å²) in [6.07, 6.45) is 13.9. The van der Waals surface area contributed by atoms with Crippen molar-refractivity contribution in [2.45, 2.75) is 142 Å². The third-order valence-electron chi connectivity index (χ3n) is 11.6. The number of aliphatic hydroxyl groups is 2. The number of carbonyl (C=O) groups is 1. The third-order valence-corrected chi connectivity index (χ3v) is 11.6. The zero-order chi connectivity index (χ0) is 33.6. The normalized spacial score (nSPS) is 28.8. The number of nitrogens with zero attached hydrogens (tertiary/aromatic N) is 1. The van der Waals surface area contributed by atoms with Crippen LogP contribution in [0, 0.1) is 11.8 Å². The highest BCUT2D eigenvalue weighted by Gasteiger charge is 2.47. The molecule has 6 atom stereocenters. The van der Waals surface area contributed by atoms with Gasteiger partial charge in [-0.15, -0.1) is 0 Å². The number of fused-ring (bicyclic) bond motifs is 8. The summed E-state index contributed by atoms with van der Waals surface area (Å²) < 4.78 is 10.9. The van der Waals surface area contributed by atoms with Crippen molar-refractivity contribution in [3.63, 3.8) is 0 Å². The largest absolute Gasteiger partial charge is 0.497 e. The number of Topliss-reactive ketones (excluding diaryl/α,β-unsaturated/α-hetero) is 1. The van der Waals surface area contributed by atoms with Gasteiger partial charge in [0.1, 0.15) is 11.5 Å². The summed E-state index contributed by atoms with van der Waals surface area (Å²) in [5.41, 5.74) is 13.1. The van der Waals surface area contributed by atoms with Crippen LogP contribution in [0.15, 0.2) is 36.4 Å². The van der Waals surface area contributed by atoms with Gasteiger partial charge in [-0.25, -0.2) is 0 Å². The van der Waals surface area contributed by atoms with Crippen molar-refractivity contribution in [1.29, 1.82) is 0 Å². The summed E-state index contributed by atoms with van der Waals surface area (Å²) >= 11 is 0. The second kappa shape index (κ2) is 18.0. The molecule has 272 valence electrons. The molecule has 7 nitrogen and oxygen atoms in total. The Morgan fingerprint density at radius 3 is 1.69 bits per heavy atom. The quantitative estimate of drug-likeness (QED) is 0.288. The fourth-order valence-electron chi connectivity index (χ4n) is 9.24. The molecule has 0 radical (unpaired) electrons. The van der Waals surface area contributed by atoms with E-state index in [1.165, 1.54) is 81.8 Å². The highest BCUT2D eigenvalue weighted by Crippen LogP contribution is 2.49. The highest BCUT2D eigenvalue weighted by atomic mass is 16.5. The lowest BCUT2D eigenvalue weighted by molar-refractivity contribution is -0.142. The van der Waals surface area contributed by atoms with E-state index in [4.69, 9.17) is 25.4 Å². The Hall–Kier alpha value is -2.45. The van der Waals surface area contributed by atoms with Crippen molar-refractivity contribution in [2.24, 2.45) is 17.6 Å². The number of aliphatic hydroxyl groups excluding tert-OH is 1. The van der Waals surface area contributed by atoms with Crippen molar-refractivity contribution < 1.29 is 24.5 Å². The Bertz CT molecular complexity index is 1310. The van der Waals surface area contributed by atoms with Gasteiger partial charge in [-0.3, -0.25) is 4.79 Å². The molecule has 2 saturated carbocycles. The first kappa shape index (κ1) is 41.7. The van der Waals surface area contributed by atoms with Crippen molar-refractivity contribution in [3.05, 3.63) is 58.7 Å². The van der Waals surface area contributed by atoms with Crippen LogP contribution in [0.25, 0.3) is 0 Å². The number of benzene rings is 2. The van der Waals surface area contributed by atoms with E-state index in [-0.39, 0.29) is 25.7 Å². The minimum absolute atomic E-state index is 0. The van der Waals surface area contributed by atoms with Crippen LogP contribution in [0.3, 0.4) is 0 Å². The first-order valence-corrected chi connectivity index (χ1v) is 17.5. The molecule has 4 N–H and O–H groups in total. The van der Waals surface area contributed by atoms with E-state index in [2.05, 4.69) is 69.2 Å². The van der Waals surface area contributed by atoms with Crippen molar-refractivity contribution in [3.8, 4) is 11.5 Å². The lowest BCUT2D eigenvalue weighted by atomic mass is 9.59. The molecule has 48 heavy (non-hydrogen) atoms. The molecule has 7 heteroatoms. The van der Waals surface area contributed by atoms with Gasteiger partial charge in [-0.2, -0.15) is 0 Å². The van der Waals surface area contributed by atoms with Crippen LogP contribution in [0.5, 0.6) is 11.5 Å². The molecular formula is C41H68N2O5. The van der Waals surface area contributed by atoms with Crippen LogP contribution in [-0.4, -0.2) is 67.6 Å². The molecule has 2 fully saturated rings. The Kier molecular flexibility index (Phi) is 15.6. The van der Waals surface area contributed by atoms with Crippen LogP contribution in [-0.2, 0) is 28.5 Å². The number of hydrogen-bond donors (Lipinski definition) is 3. The van der Waals surface area contributed by atoms with Gasteiger partial charge in [0.05, 0.1) is 14.2 Å². The number of rotatable bonds is 4. The van der Waals surface area contributed by atoms with Gasteiger partial charge in [0, 0.05) is 22.9 Å². The van der Waals surface area contributed by atoms with Crippen LogP contribution in [0.1, 0.15) is 122 Å². The number of hydrogen-bond acceptors (Lipinski definition) is 7. The number of ketones is 1. The number of nitrogens with two attached hydrogens (primary N) is 1. The average molecular weight is 669 g/mol. The predicted octanol–water partition coefficient (Wildman–Crippen LogP) is 7.59. The molecular weight excluding hydrogens is 600 g/mol. The van der Waals surface area contributed by atoms with Gasteiger partial charge < -0.3 is 30.3 Å². The molecule has 0 unspecified atom stereocenters. The van der Waals surface area contributed by atoms with E-state index in [1.54, 1.807) is 25.3 Å². The fourth-order valence-corrected chi connectivity index (χ4v) is 9.24. The van der Waals surface area contributed by atoms with Gasteiger partial charge >= 0.3 is 0 Å². The van der Waals surface area contributed by atoms with Gasteiger partial charge in [0.15, 0.2) is 5.78 Å². The topological polar surface area (TPSA) is 105 Å². The summed E-state index contributed by atoms with van der Waals surface area (Å²) in [6.45, 7) is 5.96. The molecule has 0 amide bonds. The number of likely N-dealkylation sites (N-methyl/N-ethyl adjacent to an activating group) is 1. The Morgan fingerprint density at radius 1 is 0.792 bits per heavy atom. The molecule has 0 aliphatic heterocycles. The smallest absolute Gasteiger partial charge is 0.212 e. The number of carbonyl (C=O) groups excluding carboxylic acids is 1. The van der Waals surface area contributed by atoms with Gasteiger partial charge in [0.2, 0.25) is 6.29 Å². The lowest BCUT2D eigenvalue weighted by Gasteiger charge is -2.51. The van der Waals surface area contributed by atoms with Gasteiger partial charge in [0.25, 0.3) is 0 Å². The molecule has 0 spiro atoms. The van der Waals surface area contributed by atoms with Crippen LogP contribution >= 0.6 is 0 Å². The van der Waals surface area contributed by atoms with Crippen molar-refractivity contribution >= 4 is 5.78 Å². The molecule has 2 aromatic carbocycles. The predicted molar refractivity (Wildman–Crippen MR) is 199 cm³/mol. The molecule has 0 aromatic heterocycles. The zero-order valence-electron chi connectivity index (χ0n) is 29.5. The first-order valence-electron chi connectivity index (χ1n) is 17.5. The van der Waals surface area contributed by atoms with Crippen molar-refractivity contribution in [2.75, 3.05) is 28.3 Å². The molecule has 0 heterocycles. The standard InChI is InChI=1S/C19H29NO.C17H25NO.C3H6O3.2CH4/c1-19-11-7-5-6-8-15(18(19)20(2)3)12-14-9-10-16(21-4)13-17(14)19;1-17-9-5-3-4-6-13(16(17)18)10-12-7-8-14(19-2)11-15(12)17;1-2(4)3(5)6;;/h9-10,13,15,18H,5-8,11-12H2,1-4H3;7-8,11,13,16H,3-6,9-10,18H2,1-2H3;3,5-6H,1H3;2*1H4/t15-,18-,19+;13-,16-,17+;;;/m00.../s1. The Morgan fingerprint density at radius 2 is 1.23 bits per heavy atom. The summed E-state index contributed by atoms with van der Waals surface area (Å²) in [5, 5.41) is 15.7. The van der Waals surface area contributed by atoms with E-state index in [9.17, 15) is 4.79 Å². The van der Waals surface area contributed by atoms with Gasteiger partial charge in [-0.05, 0) is 118 Å². The zero-order valence-corrected chi connectivity index (χ0v) is 29.5. The van der Waals surface area contributed by atoms with Crippen molar-refractivity contribution in [1.82, 2.24) is 4.90 Å². The summed E-state index contributed by atoms with van der Waals surface area (Å²) in [5.74, 6) is 2.80. The highest BCUT2D eigenvalue weighted by molar-refractivity contribution is 5.78. The lowest BCUT2D eigenvalue weighted by Crippen LogP contribution is -2.54. The maximum absolute atomic E-state index is 9.64. The van der Waals surface area contributed by atoms with E-state index in [0.717, 1.165) is 30.8 Å². The molecule has 6 rings (SSSR count). The van der Waals surface area contributed by atoms with E-state index < -0.39 is 12.1 Å². The summed E-state index contributed by atoms with van der Waals surface area (Å²) in [7, 11) is 8.05. The molecule has 2 aromatic rings. The fraction of sp³-hybridized carbons (Fsp3) is 0.683. The second-order valence-electron chi connectivity index (χ2n) is 14.9. The second-order valence-corrected chi connectivity index (χ2v) is 14.9.